The lowest BCUT2D eigenvalue weighted by atomic mass is 9.95. The molecule has 8 nitrogen and oxygen atoms in total. The molecule has 1 aromatic heterocycles. The van der Waals surface area contributed by atoms with Crippen LogP contribution in [-0.2, 0) is 9.59 Å². The van der Waals surface area contributed by atoms with Crippen molar-refractivity contribution >= 4 is 17.4 Å². The Kier molecular flexibility index (Phi) is 7.15. The minimum atomic E-state index is -0.759. The Labute approximate surface area is 188 Å². The molecule has 1 aliphatic heterocycles. The molecule has 1 unspecified atom stereocenters. The van der Waals surface area contributed by atoms with Crippen molar-refractivity contribution in [2.24, 2.45) is 0 Å². The van der Waals surface area contributed by atoms with Crippen LogP contribution in [0.5, 0.6) is 11.5 Å². The minimum Gasteiger partial charge on any atom is -0.507 e. The number of nitrogens with zero attached hydrogens (tertiary/aromatic N) is 3. The molecule has 1 fully saturated rings. The van der Waals surface area contributed by atoms with E-state index >= 15 is 0 Å². The maximum Gasteiger partial charge on any atom is 0.295 e. The van der Waals surface area contributed by atoms with Gasteiger partial charge in [0.05, 0.1) is 24.8 Å². The minimum absolute atomic E-state index is 0.0412. The second-order valence-electron chi connectivity index (χ2n) is 8.11. The first kappa shape index (κ1) is 23.3. The van der Waals surface area contributed by atoms with E-state index < -0.39 is 17.7 Å². The highest BCUT2D eigenvalue weighted by Gasteiger charge is 2.46. The molecule has 170 valence electrons. The van der Waals surface area contributed by atoms with Gasteiger partial charge in [0.25, 0.3) is 11.7 Å². The fraction of sp³-hybridized carbons (Fsp3) is 0.375. The Morgan fingerprint density at radius 1 is 1.16 bits per heavy atom. The van der Waals surface area contributed by atoms with Gasteiger partial charge in [-0.3, -0.25) is 14.6 Å². The number of pyridine rings is 1. The molecule has 1 atom stereocenters. The van der Waals surface area contributed by atoms with Gasteiger partial charge in [-0.05, 0) is 57.8 Å². The monoisotopic (exact) mass is 439 g/mol. The molecule has 1 aliphatic rings. The molecule has 1 saturated heterocycles. The number of carbonyl (C=O) groups is 2. The zero-order valence-electron chi connectivity index (χ0n) is 19.0. The predicted octanol–water partition coefficient (Wildman–Crippen LogP) is 2.86. The maximum atomic E-state index is 13.0. The molecule has 0 radical (unpaired) electrons. The number of aliphatic hydroxyl groups excluding tert-OH is 1. The van der Waals surface area contributed by atoms with Crippen molar-refractivity contribution in [1.29, 1.82) is 0 Å². The van der Waals surface area contributed by atoms with Crippen LogP contribution in [0.3, 0.4) is 0 Å². The molecule has 3 rings (SSSR count). The normalized spacial score (nSPS) is 18.0. The molecule has 8 heteroatoms. The third-order valence-electron chi connectivity index (χ3n) is 5.15. The number of likely N-dealkylation sites (tertiary alicyclic amines) is 1. The average Bonchev–Trinajstić information content (AvgIpc) is 3.02. The van der Waals surface area contributed by atoms with Crippen LogP contribution in [0.2, 0.25) is 0 Å². The predicted molar refractivity (Wildman–Crippen MR) is 121 cm³/mol. The molecule has 0 spiro atoms. The number of benzene rings is 1. The summed E-state index contributed by atoms with van der Waals surface area (Å²) >= 11 is 0. The topological polar surface area (TPSA) is 92.2 Å². The van der Waals surface area contributed by atoms with E-state index in [1.807, 2.05) is 32.8 Å². The van der Waals surface area contributed by atoms with Gasteiger partial charge in [-0.2, -0.15) is 0 Å². The van der Waals surface area contributed by atoms with Crippen molar-refractivity contribution in [1.82, 2.24) is 14.8 Å². The number of aliphatic hydroxyl groups is 1. The standard InChI is InChI=1S/C24H29N3O5/c1-15(2)32-18-7-6-17(14-19(18)31-5)21-20(22(28)16-8-10-25-11-9-16)23(29)24(30)27(21)13-12-26(3)4/h6-11,14-15,21,28H,12-13H2,1-5H3/b22-20-. The van der Waals surface area contributed by atoms with Gasteiger partial charge >= 0.3 is 0 Å². The van der Waals surface area contributed by atoms with Crippen LogP contribution in [0.15, 0.2) is 48.3 Å². The van der Waals surface area contributed by atoms with Gasteiger partial charge in [0.15, 0.2) is 11.5 Å². The van der Waals surface area contributed by atoms with Crippen molar-refractivity contribution in [3.8, 4) is 11.5 Å². The van der Waals surface area contributed by atoms with Gasteiger partial charge in [-0.25, -0.2) is 0 Å². The lowest BCUT2D eigenvalue weighted by Gasteiger charge is -2.27. The Hall–Kier alpha value is -3.39. The van der Waals surface area contributed by atoms with Gasteiger partial charge < -0.3 is 24.4 Å². The number of aromatic nitrogens is 1. The van der Waals surface area contributed by atoms with E-state index in [1.165, 1.54) is 24.4 Å². The number of hydrogen-bond donors (Lipinski definition) is 1. The summed E-state index contributed by atoms with van der Waals surface area (Å²) in [7, 11) is 5.32. The second-order valence-corrected chi connectivity index (χ2v) is 8.11. The molecule has 0 aliphatic carbocycles. The molecular formula is C24H29N3O5. The summed E-state index contributed by atoms with van der Waals surface area (Å²) in [6, 6.07) is 7.73. The van der Waals surface area contributed by atoms with E-state index in [4.69, 9.17) is 9.47 Å². The van der Waals surface area contributed by atoms with Crippen LogP contribution in [0.1, 0.15) is 31.0 Å². The van der Waals surface area contributed by atoms with Crippen molar-refractivity contribution in [3.05, 3.63) is 59.4 Å². The zero-order valence-corrected chi connectivity index (χ0v) is 19.0. The summed E-state index contributed by atoms with van der Waals surface area (Å²) in [6.07, 6.45) is 2.99. The Bertz CT molecular complexity index is 1020. The largest absolute Gasteiger partial charge is 0.507 e. The summed E-state index contributed by atoms with van der Waals surface area (Å²) < 4.78 is 11.3. The molecule has 1 N–H and O–H groups in total. The van der Waals surface area contributed by atoms with Crippen molar-refractivity contribution in [2.75, 3.05) is 34.3 Å². The molecule has 1 amide bonds. The lowest BCUT2D eigenvalue weighted by Crippen LogP contribution is -2.35. The quantitative estimate of drug-likeness (QED) is 0.384. The number of carbonyl (C=O) groups excluding carboxylic acids is 2. The first-order valence-electron chi connectivity index (χ1n) is 10.4. The molecule has 0 saturated carbocycles. The summed E-state index contributed by atoms with van der Waals surface area (Å²) in [4.78, 5) is 33.4. The number of likely N-dealkylation sites (N-methyl/N-ethyl adjacent to an activating group) is 1. The van der Waals surface area contributed by atoms with Gasteiger partial charge in [-0.15, -0.1) is 0 Å². The zero-order chi connectivity index (χ0) is 23.4. The third kappa shape index (κ3) is 4.75. The highest BCUT2D eigenvalue weighted by atomic mass is 16.5. The van der Waals surface area contributed by atoms with E-state index in [0.29, 0.717) is 35.7 Å². The SMILES string of the molecule is COc1cc(C2/C(=C(/O)c3ccncc3)C(=O)C(=O)N2CCN(C)C)ccc1OC(C)C. The van der Waals surface area contributed by atoms with Gasteiger partial charge in [0.1, 0.15) is 5.76 Å². The Morgan fingerprint density at radius 2 is 1.84 bits per heavy atom. The number of ether oxygens (including phenoxy) is 2. The molecule has 0 bridgehead atoms. The second kappa shape index (κ2) is 9.82. The van der Waals surface area contributed by atoms with Crippen molar-refractivity contribution in [2.45, 2.75) is 26.0 Å². The highest BCUT2D eigenvalue weighted by Crippen LogP contribution is 2.41. The first-order valence-corrected chi connectivity index (χ1v) is 10.4. The van der Waals surface area contributed by atoms with Crippen LogP contribution >= 0.6 is 0 Å². The van der Waals surface area contributed by atoms with E-state index in [1.54, 1.807) is 30.3 Å². The summed E-state index contributed by atoms with van der Waals surface area (Å²) in [6.45, 7) is 4.71. The first-order chi connectivity index (χ1) is 15.2. The number of ketones is 1. The summed E-state index contributed by atoms with van der Waals surface area (Å²) in [5.41, 5.74) is 1.10. The number of methoxy groups -OCH3 is 1. The van der Waals surface area contributed by atoms with E-state index in [2.05, 4.69) is 4.98 Å². The van der Waals surface area contributed by atoms with Crippen LogP contribution in [-0.4, -0.2) is 72.0 Å². The smallest absolute Gasteiger partial charge is 0.295 e. The molecular weight excluding hydrogens is 410 g/mol. The van der Waals surface area contributed by atoms with Crippen molar-refractivity contribution in [3.63, 3.8) is 0 Å². The highest BCUT2D eigenvalue weighted by molar-refractivity contribution is 6.46. The van der Waals surface area contributed by atoms with Crippen molar-refractivity contribution < 1.29 is 24.2 Å². The van der Waals surface area contributed by atoms with E-state index in [9.17, 15) is 14.7 Å². The average molecular weight is 440 g/mol. The molecule has 1 aromatic carbocycles. The van der Waals surface area contributed by atoms with E-state index in [0.717, 1.165) is 0 Å². The van der Waals surface area contributed by atoms with Gasteiger partial charge in [0.2, 0.25) is 0 Å². The van der Waals surface area contributed by atoms with Crippen LogP contribution in [0, 0.1) is 0 Å². The molecule has 2 aromatic rings. The Balaban J connectivity index is 2.15. The number of amides is 1. The number of rotatable bonds is 8. The fourth-order valence-corrected chi connectivity index (χ4v) is 3.64. The van der Waals surface area contributed by atoms with E-state index in [-0.39, 0.29) is 17.4 Å². The van der Waals surface area contributed by atoms with Gasteiger partial charge in [-0.1, -0.05) is 6.07 Å². The third-order valence-corrected chi connectivity index (χ3v) is 5.15. The Morgan fingerprint density at radius 3 is 2.44 bits per heavy atom. The number of hydrogen-bond acceptors (Lipinski definition) is 7. The number of Topliss-reactive ketones (excluding diaryl/α,β-unsaturated/α-hetero) is 1. The maximum absolute atomic E-state index is 13.0. The molecule has 2 heterocycles. The molecule has 32 heavy (non-hydrogen) atoms. The summed E-state index contributed by atoms with van der Waals surface area (Å²) in [5, 5.41) is 11.0. The van der Waals surface area contributed by atoms with Gasteiger partial charge in [0, 0.05) is 31.0 Å². The van der Waals surface area contributed by atoms with Crippen LogP contribution in [0.25, 0.3) is 5.76 Å². The van der Waals surface area contributed by atoms with Crippen LogP contribution in [0.4, 0.5) is 0 Å². The fourth-order valence-electron chi connectivity index (χ4n) is 3.64. The van der Waals surface area contributed by atoms with Crippen LogP contribution < -0.4 is 9.47 Å². The summed E-state index contributed by atoms with van der Waals surface area (Å²) in [5.74, 6) is -0.549. The lowest BCUT2D eigenvalue weighted by molar-refractivity contribution is -0.140.